The molecule has 31 heavy (non-hydrogen) atoms. The van der Waals surface area contributed by atoms with Crippen molar-refractivity contribution in [3.05, 3.63) is 54.1 Å². The Balaban J connectivity index is 2.08. The number of aromatic nitrogens is 3. The Bertz CT molecular complexity index is 1130. The van der Waals surface area contributed by atoms with Crippen LogP contribution < -0.4 is 9.47 Å². The van der Waals surface area contributed by atoms with E-state index in [2.05, 4.69) is 30.9 Å². The highest BCUT2D eigenvalue weighted by Gasteiger charge is 2.26. The van der Waals surface area contributed by atoms with Crippen LogP contribution in [0.5, 0.6) is 11.8 Å². The van der Waals surface area contributed by atoms with Crippen LogP contribution in [0.3, 0.4) is 0 Å². The molecule has 8 heteroatoms. The van der Waals surface area contributed by atoms with Crippen LogP contribution >= 0.6 is 0 Å². The molecule has 7 nitrogen and oxygen atoms in total. The molecule has 0 N–H and O–H groups in total. The summed E-state index contributed by atoms with van der Waals surface area (Å²) in [4.78, 5) is 4.50. The fourth-order valence-electron chi connectivity index (χ4n) is 2.89. The molecule has 0 atom stereocenters. The van der Waals surface area contributed by atoms with Gasteiger partial charge in [-0.05, 0) is 53.3 Å². The van der Waals surface area contributed by atoms with Crippen molar-refractivity contribution >= 4 is 10.0 Å². The van der Waals surface area contributed by atoms with E-state index in [1.54, 1.807) is 43.5 Å². The lowest BCUT2D eigenvalue weighted by molar-refractivity contribution is 0.251. The molecule has 0 spiro atoms. The molecule has 0 fully saturated rings. The van der Waals surface area contributed by atoms with Crippen molar-refractivity contribution in [1.29, 1.82) is 0 Å². The number of methoxy groups -OCH3 is 1. The molecule has 0 radical (unpaired) electrons. The fourth-order valence-corrected chi connectivity index (χ4v) is 4.12. The van der Waals surface area contributed by atoms with Gasteiger partial charge in [0.15, 0.2) is 5.82 Å². The third-order valence-electron chi connectivity index (χ3n) is 4.70. The average molecular weight is 444 g/mol. The van der Waals surface area contributed by atoms with Gasteiger partial charge in [0, 0.05) is 5.56 Å². The van der Waals surface area contributed by atoms with E-state index in [1.165, 1.54) is 0 Å². The highest BCUT2D eigenvalue weighted by Crippen LogP contribution is 2.28. The molecular formula is C23H29N3O4S. The third kappa shape index (κ3) is 5.07. The molecule has 0 aliphatic carbocycles. The summed E-state index contributed by atoms with van der Waals surface area (Å²) in [5.41, 5.74) is 1.55. The molecule has 0 amide bonds. The number of ether oxygens (including phenoxy) is 2. The second-order valence-corrected chi connectivity index (χ2v) is 10.5. The molecule has 0 bridgehead atoms. The standard InChI is InChI=1S/C23H29N3O4S/c1-16(2)15-30-22-24-21(17-7-11-19(29-6)12-8-17)26(25-22)31(27,28)20-13-9-18(10-14-20)23(3,4)5/h7-14,16H,15H2,1-6H3. The third-order valence-corrected chi connectivity index (χ3v) is 6.28. The summed E-state index contributed by atoms with van der Waals surface area (Å²) in [6.45, 7) is 10.6. The van der Waals surface area contributed by atoms with Crippen molar-refractivity contribution in [3.8, 4) is 23.1 Å². The Morgan fingerprint density at radius 1 is 1.00 bits per heavy atom. The molecule has 2 aromatic carbocycles. The van der Waals surface area contributed by atoms with E-state index in [1.807, 2.05) is 26.0 Å². The minimum Gasteiger partial charge on any atom is -0.497 e. The zero-order valence-electron chi connectivity index (χ0n) is 18.8. The van der Waals surface area contributed by atoms with Crippen molar-refractivity contribution in [1.82, 2.24) is 14.2 Å². The van der Waals surface area contributed by atoms with Crippen LogP contribution in [-0.2, 0) is 15.4 Å². The van der Waals surface area contributed by atoms with Gasteiger partial charge in [0.1, 0.15) is 5.75 Å². The minimum atomic E-state index is -3.98. The molecule has 1 heterocycles. The smallest absolute Gasteiger partial charge is 0.337 e. The summed E-state index contributed by atoms with van der Waals surface area (Å²) in [7, 11) is -2.41. The van der Waals surface area contributed by atoms with E-state index >= 15 is 0 Å². The highest BCUT2D eigenvalue weighted by molar-refractivity contribution is 7.90. The lowest BCUT2D eigenvalue weighted by Gasteiger charge is -2.19. The molecule has 1 aromatic heterocycles. The summed E-state index contributed by atoms with van der Waals surface area (Å²) in [6.07, 6.45) is 0. The second-order valence-electron chi connectivity index (χ2n) is 8.77. The van der Waals surface area contributed by atoms with Gasteiger partial charge in [-0.1, -0.05) is 51.9 Å². The maximum Gasteiger partial charge on any atom is 0.337 e. The number of hydrogen-bond acceptors (Lipinski definition) is 6. The first-order valence-corrected chi connectivity index (χ1v) is 11.6. The molecule has 0 saturated heterocycles. The second kappa shape index (κ2) is 8.70. The van der Waals surface area contributed by atoms with Crippen LogP contribution in [0.4, 0.5) is 0 Å². The lowest BCUT2D eigenvalue weighted by atomic mass is 9.87. The van der Waals surface area contributed by atoms with Gasteiger partial charge in [-0.2, -0.15) is 13.4 Å². The summed E-state index contributed by atoms with van der Waals surface area (Å²) in [6, 6.07) is 13.8. The fraction of sp³-hybridized carbons (Fsp3) is 0.391. The van der Waals surface area contributed by atoms with E-state index in [0.717, 1.165) is 9.65 Å². The predicted octanol–water partition coefficient (Wildman–Crippen LogP) is 4.52. The largest absolute Gasteiger partial charge is 0.497 e. The van der Waals surface area contributed by atoms with E-state index in [9.17, 15) is 8.42 Å². The van der Waals surface area contributed by atoms with Crippen LogP contribution in [0.15, 0.2) is 53.4 Å². The SMILES string of the molecule is COc1ccc(-c2nc(OCC(C)C)nn2S(=O)(=O)c2ccc(C(C)(C)C)cc2)cc1. The summed E-state index contributed by atoms with van der Waals surface area (Å²) in [5, 5.41) is 4.18. The molecule has 3 aromatic rings. The van der Waals surface area contributed by atoms with E-state index in [0.29, 0.717) is 17.9 Å². The molecule has 0 aliphatic rings. The summed E-state index contributed by atoms with van der Waals surface area (Å²) < 4.78 is 38.6. The van der Waals surface area contributed by atoms with Gasteiger partial charge in [-0.15, -0.1) is 4.09 Å². The Morgan fingerprint density at radius 2 is 1.61 bits per heavy atom. The molecule has 0 saturated carbocycles. The molecular weight excluding hydrogens is 414 g/mol. The number of benzene rings is 2. The van der Waals surface area contributed by atoms with Gasteiger partial charge in [0.05, 0.1) is 18.6 Å². The predicted molar refractivity (Wildman–Crippen MR) is 120 cm³/mol. The van der Waals surface area contributed by atoms with Gasteiger partial charge in [-0.3, -0.25) is 0 Å². The molecule has 0 aliphatic heterocycles. The summed E-state index contributed by atoms with van der Waals surface area (Å²) >= 11 is 0. The zero-order chi connectivity index (χ0) is 22.8. The van der Waals surface area contributed by atoms with E-state index in [-0.39, 0.29) is 28.1 Å². The number of nitrogens with zero attached hydrogens (tertiary/aromatic N) is 3. The summed E-state index contributed by atoms with van der Waals surface area (Å²) in [5.74, 6) is 1.09. The van der Waals surface area contributed by atoms with Gasteiger partial charge in [0.25, 0.3) is 10.0 Å². The number of hydrogen-bond donors (Lipinski definition) is 0. The Labute approximate surface area is 184 Å². The van der Waals surface area contributed by atoms with Crippen molar-refractivity contribution in [2.24, 2.45) is 5.92 Å². The van der Waals surface area contributed by atoms with Crippen LogP contribution in [-0.4, -0.2) is 36.3 Å². The Hall–Kier alpha value is -2.87. The minimum absolute atomic E-state index is 0.0226. The number of rotatable bonds is 7. The van der Waals surface area contributed by atoms with Crippen molar-refractivity contribution in [3.63, 3.8) is 0 Å². The van der Waals surface area contributed by atoms with Crippen molar-refractivity contribution in [2.45, 2.75) is 44.9 Å². The highest BCUT2D eigenvalue weighted by atomic mass is 32.2. The Kier molecular flexibility index (Phi) is 6.40. The normalized spacial score (nSPS) is 12.2. The zero-order valence-corrected chi connectivity index (χ0v) is 19.6. The van der Waals surface area contributed by atoms with E-state index in [4.69, 9.17) is 9.47 Å². The first-order chi connectivity index (χ1) is 14.5. The average Bonchev–Trinajstić information content (AvgIpc) is 3.17. The molecule has 0 unspecified atom stereocenters. The molecule has 3 rings (SSSR count). The first-order valence-electron chi connectivity index (χ1n) is 10.1. The maximum absolute atomic E-state index is 13.4. The Morgan fingerprint density at radius 3 is 2.13 bits per heavy atom. The van der Waals surface area contributed by atoms with Gasteiger partial charge in [0.2, 0.25) is 0 Å². The van der Waals surface area contributed by atoms with Crippen LogP contribution in [0, 0.1) is 5.92 Å². The van der Waals surface area contributed by atoms with Crippen LogP contribution in [0.2, 0.25) is 0 Å². The van der Waals surface area contributed by atoms with Crippen LogP contribution in [0.25, 0.3) is 11.4 Å². The van der Waals surface area contributed by atoms with E-state index < -0.39 is 10.0 Å². The van der Waals surface area contributed by atoms with Gasteiger partial charge in [-0.25, -0.2) is 0 Å². The quantitative estimate of drug-likeness (QED) is 0.534. The first kappa shape index (κ1) is 22.8. The van der Waals surface area contributed by atoms with Gasteiger partial charge >= 0.3 is 6.01 Å². The van der Waals surface area contributed by atoms with Crippen molar-refractivity contribution in [2.75, 3.05) is 13.7 Å². The van der Waals surface area contributed by atoms with Crippen molar-refractivity contribution < 1.29 is 17.9 Å². The monoisotopic (exact) mass is 443 g/mol. The van der Waals surface area contributed by atoms with Gasteiger partial charge < -0.3 is 9.47 Å². The lowest BCUT2D eigenvalue weighted by Crippen LogP contribution is -2.17. The topological polar surface area (TPSA) is 83.3 Å². The van der Waals surface area contributed by atoms with Crippen LogP contribution in [0.1, 0.15) is 40.2 Å². The maximum atomic E-state index is 13.4. The molecule has 166 valence electrons.